The molecule has 7 heteroatoms. The smallest absolute Gasteiger partial charge is 0.225 e. The highest BCUT2D eigenvalue weighted by atomic mass is 32.2. The van der Waals surface area contributed by atoms with Crippen LogP contribution in [0.1, 0.15) is 57.2 Å². The lowest BCUT2D eigenvalue weighted by atomic mass is 9.99. The van der Waals surface area contributed by atoms with Gasteiger partial charge in [-0.3, -0.25) is 0 Å². The van der Waals surface area contributed by atoms with Gasteiger partial charge < -0.3 is 9.80 Å². The zero-order chi connectivity index (χ0) is 19.2. The largest absolute Gasteiger partial charge is 0.341 e. The summed E-state index contributed by atoms with van der Waals surface area (Å²) in [6.45, 7) is 11.1. The lowest BCUT2D eigenvalue weighted by molar-refractivity contribution is 0.310. The molecule has 1 aromatic rings. The Balaban J connectivity index is 1.61. The van der Waals surface area contributed by atoms with Crippen LogP contribution in [0, 0.1) is 11.8 Å². The van der Waals surface area contributed by atoms with E-state index in [2.05, 4.69) is 35.6 Å². The SMILES string of the molecule is CC(C)CCN1C[C@H]2c3nc(N4CCCC(C)C4)ncc3CS(=O)(=O)[C@H]2C1. The van der Waals surface area contributed by atoms with E-state index >= 15 is 0 Å². The third kappa shape index (κ3) is 3.86. The number of fused-ring (bicyclic) bond motifs is 3. The number of hydrogen-bond acceptors (Lipinski definition) is 6. The molecule has 0 bridgehead atoms. The quantitative estimate of drug-likeness (QED) is 0.784. The van der Waals surface area contributed by atoms with Gasteiger partial charge in [-0.05, 0) is 37.6 Å². The summed E-state index contributed by atoms with van der Waals surface area (Å²) in [6, 6.07) is 0. The third-order valence-electron chi connectivity index (χ3n) is 6.36. The summed E-state index contributed by atoms with van der Waals surface area (Å²) in [7, 11) is -3.13. The second-order valence-electron chi connectivity index (χ2n) is 9.17. The molecule has 0 radical (unpaired) electrons. The average molecular weight is 393 g/mol. The molecule has 6 nitrogen and oxygen atoms in total. The summed E-state index contributed by atoms with van der Waals surface area (Å²) in [5.41, 5.74) is 1.81. The van der Waals surface area contributed by atoms with Crippen LogP contribution in [0.3, 0.4) is 0 Å². The molecule has 1 aromatic heterocycles. The van der Waals surface area contributed by atoms with E-state index in [1.165, 1.54) is 12.8 Å². The van der Waals surface area contributed by atoms with Crippen molar-refractivity contribution in [3.63, 3.8) is 0 Å². The molecule has 2 saturated heterocycles. The molecule has 0 N–H and O–H groups in total. The first-order chi connectivity index (χ1) is 12.8. The van der Waals surface area contributed by atoms with Crippen LogP contribution in [0.25, 0.3) is 0 Å². The van der Waals surface area contributed by atoms with Gasteiger partial charge in [-0.25, -0.2) is 18.4 Å². The summed E-state index contributed by atoms with van der Waals surface area (Å²) < 4.78 is 25.7. The lowest BCUT2D eigenvalue weighted by Gasteiger charge is -2.32. The predicted molar refractivity (Wildman–Crippen MR) is 108 cm³/mol. The van der Waals surface area contributed by atoms with Crippen LogP contribution in [0.15, 0.2) is 6.20 Å². The summed E-state index contributed by atoms with van der Waals surface area (Å²) in [5.74, 6) is 2.17. The highest BCUT2D eigenvalue weighted by Gasteiger charge is 2.47. The van der Waals surface area contributed by atoms with Gasteiger partial charge in [0, 0.05) is 43.9 Å². The Morgan fingerprint density at radius 3 is 2.81 bits per heavy atom. The summed E-state index contributed by atoms with van der Waals surface area (Å²) in [6.07, 6.45) is 5.31. The lowest BCUT2D eigenvalue weighted by Crippen LogP contribution is -2.38. The van der Waals surface area contributed by atoms with Crippen LogP contribution >= 0.6 is 0 Å². The van der Waals surface area contributed by atoms with Gasteiger partial charge in [-0.15, -0.1) is 0 Å². The van der Waals surface area contributed by atoms with Crippen molar-refractivity contribution in [3.8, 4) is 0 Å². The first-order valence-corrected chi connectivity index (χ1v) is 12.1. The van der Waals surface area contributed by atoms with Crippen molar-refractivity contribution < 1.29 is 8.42 Å². The van der Waals surface area contributed by atoms with Crippen LogP contribution in [0.4, 0.5) is 5.95 Å². The summed E-state index contributed by atoms with van der Waals surface area (Å²) in [4.78, 5) is 14.1. The van der Waals surface area contributed by atoms with E-state index in [0.717, 1.165) is 49.8 Å². The molecular weight excluding hydrogens is 360 g/mol. The van der Waals surface area contributed by atoms with Gasteiger partial charge in [0.05, 0.1) is 16.7 Å². The highest BCUT2D eigenvalue weighted by molar-refractivity contribution is 7.91. The van der Waals surface area contributed by atoms with Crippen molar-refractivity contribution in [2.24, 2.45) is 11.8 Å². The molecule has 0 spiro atoms. The van der Waals surface area contributed by atoms with Crippen LogP contribution in [0.2, 0.25) is 0 Å². The Morgan fingerprint density at radius 2 is 2.07 bits per heavy atom. The molecule has 2 fully saturated rings. The Labute approximate surface area is 163 Å². The number of rotatable bonds is 4. The number of piperidine rings is 1. The molecule has 27 heavy (non-hydrogen) atoms. The molecule has 0 saturated carbocycles. The molecule has 4 heterocycles. The van der Waals surface area contributed by atoms with Gasteiger partial charge in [0.15, 0.2) is 9.84 Å². The Hall–Kier alpha value is -1.21. The standard InChI is InChI=1S/C20H32N4O2S/c1-14(2)6-8-23-11-17-18(12-23)27(25,26)13-16-9-21-20(22-19(16)17)24-7-4-5-15(3)10-24/h9,14-15,17-18H,4-8,10-13H2,1-3H3/t15?,17-,18+/m1/s1. The fraction of sp³-hybridized carbons (Fsp3) is 0.800. The van der Waals surface area contributed by atoms with E-state index in [4.69, 9.17) is 4.98 Å². The minimum Gasteiger partial charge on any atom is -0.341 e. The second-order valence-corrected chi connectivity index (χ2v) is 11.4. The average Bonchev–Trinajstić information content (AvgIpc) is 3.05. The molecule has 0 aliphatic carbocycles. The maximum Gasteiger partial charge on any atom is 0.225 e. The van der Waals surface area contributed by atoms with E-state index in [9.17, 15) is 8.42 Å². The molecule has 3 atom stereocenters. The number of anilines is 1. The van der Waals surface area contributed by atoms with Gasteiger partial charge in [-0.1, -0.05) is 20.8 Å². The fourth-order valence-electron chi connectivity index (χ4n) is 4.79. The third-order valence-corrected chi connectivity index (χ3v) is 8.47. The Bertz CT molecular complexity index is 795. The van der Waals surface area contributed by atoms with Gasteiger partial charge in [-0.2, -0.15) is 0 Å². The predicted octanol–water partition coefficient (Wildman–Crippen LogP) is 2.46. The number of likely N-dealkylation sites (tertiary alicyclic amines) is 1. The van der Waals surface area contributed by atoms with E-state index in [-0.39, 0.29) is 16.9 Å². The first kappa shape index (κ1) is 19.1. The number of hydrogen-bond donors (Lipinski definition) is 0. The van der Waals surface area contributed by atoms with Crippen molar-refractivity contribution in [3.05, 3.63) is 17.5 Å². The molecule has 3 aliphatic heterocycles. The van der Waals surface area contributed by atoms with Crippen LogP contribution < -0.4 is 4.90 Å². The normalized spacial score (nSPS) is 30.4. The van der Waals surface area contributed by atoms with Crippen molar-refractivity contribution in [1.29, 1.82) is 0 Å². The minimum absolute atomic E-state index is 0.00474. The van der Waals surface area contributed by atoms with E-state index in [1.54, 1.807) is 6.20 Å². The number of nitrogens with zero attached hydrogens (tertiary/aromatic N) is 4. The Kier molecular flexibility index (Phi) is 5.18. The zero-order valence-electron chi connectivity index (χ0n) is 16.8. The molecule has 150 valence electrons. The topological polar surface area (TPSA) is 66.4 Å². The highest BCUT2D eigenvalue weighted by Crippen LogP contribution is 2.39. The number of aromatic nitrogens is 2. The van der Waals surface area contributed by atoms with Crippen molar-refractivity contribution >= 4 is 15.8 Å². The van der Waals surface area contributed by atoms with Crippen molar-refractivity contribution in [2.75, 3.05) is 37.6 Å². The molecule has 0 amide bonds. The van der Waals surface area contributed by atoms with Gasteiger partial charge in [0.2, 0.25) is 5.95 Å². The molecular formula is C20H32N4O2S. The second kappa shape index (κ2) is 7.32. The summed E-state index contributed by atoms with van der Waals surface area (Å²) in [5, 5.41) is -0.305. The zero-order valence-corrected chi connectivity index (χ0v) is 17.6. The van der Waals surface area contributed by atoms with Crippen LogP contribution in [-0.2, 0) is 15.6 Å². The first-order valence-electron chi connectivity index (χ1n) is 10.4. The molecule has 4 rings (SSSR count). The molecule has 3 aliphatic rings. The minimum atomic E-state index is -3.13. The number of sulfone groups is 1. The van der Waals surface area contributed by atoms with E-state index < -0.39 is 9.84 Å². The van der Waals surface area contributed by atoms with E-state index in [1.807, 2.05) is 0 Å². The maximum atomic E-state index is 12.8. The van der Waals surface area contributed by atoms with E-state index in [0.29, 0.717) is 18.4 Å². The van der Waals surface area contributed by atoms with Gasteiger partial charge in [0.1, 0.15) is 0 Å². The summed E-state index contributed by atoms with van der Waals surface area (Å²) >= 11 is 0. The van der Waals surface area contributed by atoms with Crippen molar-refractivity contribution in [1.82, 2.24) is 14.9 Å². The van der Waals surface area contributed by atoms with Crippen molar-refractivity contribution in [2.45, 2.75) is 57.0 Å². The van der Waals surface area contributed by atoms with Gasteiger partial charge in [0.25, 0.3) is 0 Å². The van der Waals surface area contributed by atoms with Gasteiger partial charge >= 0.3 is 0 Å². The molecule has 0 aromatic carbocycles. The van der Waals surface area contributed by atoms with Crippen LogP contribution in [-0.4, -0.2) is 61.3 Å². The molecule has 1 unspecified atom stereocenters. The fourth-order valence-corrected chi connectivity index (χ4v) is 6.81. The monoisotopic (exact) mass is 392 g/mol. The Morgan fingerprint density at radius 1 is 1.26 bits per heavy atom. The van der Waals surface area contributed by atoms with Crippen LogP contribution in [0.5, 0.6) is 0 Å². The maximum absolute atomic E-state index is 12.8.